The lowest BCUT2D eigenvalue weighted by Gasteiger charge is -2.11. The van der Waals surface area contributed by atoms with Crippen LogP contribution in [0.25, 0.3) is 0 Å². The molecule has 0 atom stereocenters. The van der Waals surface area contributed by atoms with Crippen LogP contribution in [0.2, 0.25) is 0 Å². The third kappa shape index (κ3) is 4.13. The first kappa shape index (κ1) is 13.0. The predicted octanol–water partition coefficient (Wildman–Crippen LogP) is 3.97. The quantitative estimate of drug-likeness (QED) is 0.821. The average Bonchev–Trinajstić information content (AvgIpc) is 2.15. The van der Waals surface area contributed by atoms with Gasteiger partial charge in [0.1, 0.15) is 0 Å². The highest BCUT2D eigenvalue weighted by Crippen LogP contribution is 2.31. The van der Waals surface area contributed by atoms with Crippen molar-refractivity contribution in [3.8, 4) is 0 Å². The number of aryl methyl sites for hydroxylation is 1. The van der Waals surface area contributed by atoms with Crippen LogP contribution < -0.4 is 5.32 Å². The molecule has 84 valence electrons. The molecule has 0 spiro atoms. The molecule has 0 unspecified atom stereocenters. The molecule has 1 aromatic rings. The Balaban J connectivity index is 2.60. The van der Waals surface area contributed by atoms with Crippen molar-refractivity contribution in [3.05, 3.63) is 26.6 Å². The molecule has 0 saturated carbocycles. The number of hydrogen-bond acceptors (Lipinski definition) is 2. The van der Waals surface area contributed by atoms with Gasteiger partial charge in [-0.2, -0.15) is 0 Å². The van der Waals surface area contributed by atoms with Gasteiger partial charge < -0.3 is 10.1 Å². The SMILES string of the molecule is CCOCCNc1c(Br)cc(C)cc1Br. The molecular weight excluding hydrogens is 322 g/mol. The molecule has 0 saturated heterocycles. The number of rotatable bonds is 5. The molecule has 0 aromatic heterocycles. The first-order chi connectivity index (χ1) is 7.15. The molecule has 0 aliphatic carbocycles. The van der Waals surface area contributed by atoms with Crippen LogP contribution in [0.5, 0.6) is 0 Å². The second kappa shape index (κ2) is 6.51. The number of anilines is 1. The Bertz CT molecular complexity index is 305. The summed E-state index contributed by atoms with van der Waals surface area (Å²) in [5.41, 5.74) is 2.31. The van der Waals surface area contributed by atoms with Gasteiger partial charge in [0.25, 0.3) is 0 Å². The van der Waals surface area contributed by atoms with E-state index in [1.807, 2.05) is 6.92 Å². The summed E-state index contributed by atoms with van der Waals surface area (Å²) in [4.78, 5) is 0. The van der Waals surface area contributed by atoms with Gasteiger partial charge in [0.15, 0.2) is 0 Å². The molecular formula is C11H15Br2NO. The van der Waals surface area contributed by atoms with E-state index in [2.05, 4.69) is 56.2 Å². The van der Waals surface area contributed by atoms with E-state index < -0.39 is 0 Å². The molecule has 0 aliphatic heterocycles. The summed E-state index contributed by atoms with van der Waals surface area (Å²) >= 11 is 7.07. The van der Waals surface area contributed by atoms with Gasteiger partial charge in [0.2, 0.25) is 0 Å². The maximum atomic E-state index is 5.27. The van der Waals surface area contributed by atoms with E-state index in [1.165, 1.54) is 5.56 Å². The minimum atomic E-state index is 0.725. The number of nitrogens with one attached hydrogen (secondary N) is 1. The van der Waals surface area contributed by atoms with Crippen molar-refractivity contribution in [3.63, 3.8) is 0 Å². The van der Waals surface area contributed by atoms with Crippen LogP contribution in [0.4, 0.5) is 5.69 Å². The number of ether oxygens (including phenoxy) is 1. The van der Waals surface area contributed by atoms with Gasteiger partial charge in [0, 0.05) is 22.1 Å². The first-order valence-corrected chi connectivity index (χ1v) is 6.51. The van der Waals surface area contributed by atoms with E-state index >= 15 is 0 Å². The van der Waals surface area contributed by atoms with E-state index in [1.54, 1.807) is 0 Å². The lowest BCUT2D eigenvalue weighted by atomic mass is 10.2. The molecule has 4 heteroatoms. The molecule has 2 nitrogen and oxygen atoms in total. The van der Waals surface area contributed by atoms with Gasteiger partial charge in [-0.25, -0.2) is 0 Å². The summed E-state index contributed by atoms with van der Waals surface area (Å²) in [5, 5.41) is 3.32. The molecule has 1 rings (SSSR count). The molecule has 0 aliphatic rings. The molecule has 0 bridgehead atoms. The van der Waals surface area contributed by atoms with Gasteiger partial charge in [-0.05, 0) is 63.4 Å². The van der Waals surface area contributed by atoms with Gasteiger partial charge in [-0.3, -0.25) is 0 Å². The summed E-state index contributed by atoms with van der Waals surface area (Å²) in [6, 6.07) is 4.18. The van der Waals surface area contributed by atoms with Gasteiger partial charge >= 0.3 is 0 Å². The lowest BCUT2D eigenvalue weighted by Crippen LogP contribution is -2.10. The Morgan fingerprint density at radius 3 is 2.40 bits per heavy atom. The number of hydrogen-bond donors (Lipinski definition) is 1. The minimum absolute atomic E-state index is 0.725. The maximum Gasteiger partial charge on any atom is 0.0638 e. The Kier molecular flexibility index (Phi) is 5.64. The van der Waals surface area contributed by atoms with Crippen LogP contribution in [0.15, 0.2) is 21.1 Å². The van der Waals surface area contributed by atoms with E-state index in [9.17, 15) is 0 Å². The standard InChI is InChI=1S/C11H15Br2NO/c1-3-15-5-4-14-11-9(12)6-8(2)7-10(11)13/h6-7,14H,3-5H2,1-2H3. The fourth-order valence-corrected chi connectivity index (χ4v) is 2.96. The van der Waals surface area contributed by atoms with Crippen molar-refractivity contribution in [1.82, 2.24) is 0 Å². The van der Waals surface area contributed by atoms with Crippen molar-refractivity contribution in [2.75, 3.05) is 25.1 Å². The van der Waals surface area contributed by atoms with Gasteiger partial charge in [-0.15, -0.1) is 0 Å². The van der Waals surface area contributed by atoms with Crippen molar-refractivity contribution in [2.45, 2.75) is 13.8 Å². The molecule has 15 heavy (non-hydrogen) atoms. The fraction of sp³-hybridized carbons (Fsp3) is 0.455. The van der Waals surface area contributed by atoms with Crippen LogP contribution in [-0.2, 0) is 4.74 Å². The van der Waals surface area contributed by atoms with Crippen molar-refractivity contribution in [1.29, 1.82) is 0 Å². The monoisotopic (exact) mass is 335 g/mol. The Hall–Kier alpha value is -0.0600. The van der Waals surface area contributed by atoms with Crippen molar-refractivity contribution >= 4 is 37.5 Å². The molecule has 0 radical (unpaired) electrons. The van der Waals surface area contributed by atoms with Crippen LogP contribution in [0.3, 0.4) is 0 Å². The Morgan fingerprint density at radius 2 is 1.87 bits per heavy atom. The van der Waals surface area contributed by atoms with Crippen LogP contribution in [0, 0.1) is 6.92 Å². The highest BCUT2D eigenvalue weighted by Gasteiger charge is 2.04. The summed E-state index contributed by atoms with van der Waals surface area (Å²) in [5.74, 6) is 0. The van der Waals surface area contributed by atoms with Crippen LogP contribution in [-0.4, -0.2) is 19.8 Å². The largest absolute Gasteiger partial charge is 0.381 e. The van der Waals surface area contributed by atoms with E-state index in [0.717, 1.165) is 34.4 Å². The molecule has 0 fully saturated rings. The average molecular weight is 337 g/mol. The lowest BCUT2D eigenvalue weighted by molar-refractivity contribution is 0.158. The Morgan fingerprint density at radius 1 is 1.27 bits per heavy atom. The van der Waals surface area contributed by atoms with E-state index in [-0.39, 0.29) is 0 Å². The second-order valence-corrected chi connectivity index (χ2v) is 4.94. The summed E-state index contributed by atoms with van der Waals surface area (Å²) in [7, 11) is 0. The predicted molar refractivity (Wildman–Crippen MR) is 71.6 cm³/mol. The highest BCUT2D eigenvalue weighted by molar-refractivity contribution is 9.11. The summed E-state index contributed by atoms with van der Waals surface area (Å²) in [6.45, 7) is 6.37. The number of benzene rings is 1. The normalized spacial score (nSPS) is 10.4. The maximum absolute atomic E-state index is 5.27. The van der Waals surface area contributed by atoms with Crippen molar-refractivity contribution in [2.24, 2.45) is 0 Å². The Labute approximate surface area is 108 Å². The molecule has 0 heterocycles. The minimum Gasteiger partial charge on any atom is -0.381 e. The van der Waals surface area contributed by atoms with Crippen LogP contribution >= 0.6 is 31.9 Å². The van der Waals surface area contributed by atoms with E-state index in [0.29, 0.717) is 0 Å². The first-order valence-electron chi connectivity index (χ1n) is 4.92. The van der Waals surface area contributed by atoms with Gasteiger partial charge in [0.05, 0.1) is 12.3 Å². The smallest absolute Gasteiger partial charge is 0.0638 e. The zero-order chi connectivity index (χ0) is 11.3. The number of halogens is 2. The highest BCUT2D eigenvalue weighted by atomic mass is 79.9. The topological polar surface area (TPSA) is 21.3 Å². The van der Waals surface area contributed by atoms with Crippen molar-refractivity contribution < 1.29 is 4.74 Å². The molecule has 1 N–H and O–H groups in total. The third-order valence-electron chi connectivity index (χ3n) is 1.94. The fourth-order valence-electron chi connectivity index (χ4n) is 1.26. The third-order valence-corrected chi connectivity index (χ3v) is 3.19. The second-order valence-electron chi connectivity index (χ2n) is 3.23. The van der Waals surface area contributed by atoms with E-state index in [4.69, 9.17) is 4.74 Å². The van der Waals surface area contributed by atoms with Gasteiger partial charge in [-0.1, -0.05) is 0 Å². The summed E-state index contributed by atoms with van der Waals surface area (Å²) in [6.07, 6.45) is 0. The summed E-state index contributed by atoms with van der Waals surface area (Å²) < 4.78 is 7.42. The molecule has 0 amide bonds. The zero-order valence-corrected chi connectivity index (χ0v) is 12.1. The van der Waals surface area contributed by atoms with Crippen LogP contribution in [0.1, 0.15) is 12.5 Å². The molecule has 1 aromatic carbocycles. The zero-order valence-electron chi connectivity index (χ0n) is 8.94.